The van der Waals surface area contributed by atoms with Gasteiger partial charge in [0.25, 0.3) is 0 Å². The van der Waals surface area contributed by atoms with Crippen LogP contribution in [-0.2, 0) is 4.79 Å². The summed E-state index contributed by atoms with van der Waals surface area (Å²) in [7, 11) is 0. The Balaban J connectivity index is 2.47. The summed E-state index contributed by atoms with van der Waals surface area (Å²) >= 11 is 0. The summed E-state index contributed by atoms with van der Waals surface area (Å²) in [6.07, 6.45) is 5.41. The number of nitrogens with zero attached hydrogens (tertiary/aromatic N) is 1. The van der Waals surface area contributed by atoms with Gasteiger partial charge in [0.05, 0.1) is 6.04 Å². The van der Waals surface area contributed by atoms with E-state index in [-0.39, 0.29) is 11.9 Å². The smallest absolute Gasteiger partial charge is 0.223 e. The molecule has 0 saturated carbocycles. The summed E-state index contributed by atoms with van der Waals surface area (Å²) in [6.45, 7) is 6.32. The van der Waals surface area contributed by atoms with E-state index in [2.05, 4.69) is 18.4 Å². The first-order chi connectivity index (χ1) is 6.79. The summed E-state index contributed by atoms with van der Waals surface area (Å²) < 4.78 is 0. The van der Waals surface area contributed by atoms with Gasteiger partial charge in [-0.25, -0.2) is 0 Å². The first-order valence-electron chi connectivity index (χ1n) is 5.12. The zero-order chi connectivity index (χ0) is 10.4. The van der Waals surface area contributed by atoms with Crippen LogP contribution in [0.15, 0.2) is 12.7 Å². The Kier molecular flexibility index (Phi) is 4.25. The van der Waals surface area contributed by atoms with E-state index >= 15 is 0 Å². The molecule has 76 valence electrons. The zero-order valence-electron chi connectivity index (χ0n) is 8.75. The lowest BCUT2D eigenvalue weighted by Gasteiger charge is -2.20. The summed E-state index contributed by atoms with van der Waals surface area (Å²) in [5, 5.41) is 0. The average molecular weight is 191 g/mol. The van der Waals surface area contributed by atoms with Crippen molar-refractivity contribution in [2.24, 2.45) is 0 Å². The monoisotopic (exact) mass is 191 g/mol. The predicted molar refractivity (Wildman–Crippen MR) is 57.6 cm³/mol. The van der Waals surface area contributed by atoms with Gasteiger partial charge in [0, 0.05) is 13.0 Å². The number of allylic oxidation sites excluding steroid dienone is 1. The summed E-state index contributed by atoms with van der Waals surface area (Å²) in [4.78, 5) is 13.4. The minimum atomic E-state index is 0.164. The van der Waals surface area contributed by atoms with Gasteiger partial charge >= 0.3 is 0 Å². The van der Waals surface area contributed by atoms with Crippen molar-refractivity contribution in [1.82, 2.24) is 4.90 Å². The summed E-state index contributed by atoms with van der Waals surface area (Å²) in [5.74, 6) is 6.22. The molecule has 0 unspecified atom stereocenters. The summed E-state index contributed by atoms with van der Waals surface area (Å²) in [6, 6.07) is 0.164. The normalized spacial score (nSPS) is 20.5. The van der Waals surface area contributed by atoms with E-state index in [1.54, 1.807) is 0 Å². The number of rotatable bonds is 4. The Morgan fingerprint density at radius 3 is 3.14 bits per heavy atom. The molecule has 0 radical (unpaired) electrons. The Bertz CT molecular complexity index is 272. The number of hydrogen-bond acceptors (Lipinski definition) is 1. The highest BCUT2D eigenvalue weighted by molar-refractivity contribution is 5.79. The highest BCUT2D eigenvalue weighted by atomic mass is 16.2. The molecule has 0 aliphatic carbocycles. The molecule has 0 aromatic heterocycles. The molecule has 1 rings (SSSR count). The van der Waals surface area contributed by atoms with E-state index in [9.17, 15) is 4.79 Å². The Hall–Kier alpha value is -1.23. The molecule has 0 bridgehead atoms. The standard InChI is InChI=1S/C12H17NO/c1-3-5-6-10-13-11(7-4-2)8-9-12(13)14/h3,11H,1,5-6,8-10H2,2H3/t11-/m1/s1. The van der Waals surface area contributed by atoms with Crippen LogP contribution in [0, 0.1) is 11.8 Å². The van der Waals surface area contributed by atoms with Crippen LogP contribution in [0.4, 0.5) is 0 Å². The minimum absolute atomic E-state index is 0.164. The fourth-order valence-electron chi connectivity index (χ4n) is 1.74. The van der Waals surface area contributed by atoms with Gasteiger partial charge in [-0.05, 0) is 26.2 Å². The largest absolute Gasteiger partial charge is 0.329 e. The molecule has 1 aliphatic heterocycles. The molecule has 0 N–H and O–H groups in total. The van der Waals surface area contributed by atoms with E-state index in [1.807, 2.05) is 17.9 Å². The molecule has 1 atom stereocenters. The molecule has 2 nitrogen and oxygen atoms in total. The Morgan fingerprint density at radius 2 is 2.50 bits per heavy atom. The first kappa shape index (κ1) is 10.8. The predicted octanol–water partition coefficient (Wildman–Crippen LogP) is 1.97. The third-order valence-electron chi connectivity index (χ3n) is 2.45. The number of hydrogen-bond donors (Lipinski definition) is 0. The third-order valence-corrected chi connectivity index (χ3v) is 2.45. The molecule has 14 heavy (non-hydrogen) atoms. The molecule has 1 amide bonds. The lowest BCUT2D eigenvalue weighted by molar-refractivity contribution is -0.128. The van der Waals surface area contributed by atoms with Crippen molar-refractivity contribution >= 4 is 5.91 Å². The first-order valence-corrected chi connectivity index (χ1v) is 5.12. The van der Waals surface area contributed by atoms with Crippen LogP contribution in [0.1, 0.15) is 32.6 Å². The fourth-order valence-corrected chi connectivity index (χ4v) is 1.74. The van der Waals surface area contributed by atoms with Gasteiger partial charge < -0.3 is 4.90 Å². The van der Waals surface area contributed by atoms with E-state index in [4.69, 9.17) is 0 Å². The van der Waals surface area contributed by atoms with Crippen LogP contribution < -0.4 is 0 Å². The minimum Gasteiger partial charge on any atom is -0.329 e. The van der Waals surface area contributed by atoms with Gasteiger partial charge in [0.1, 0.15) is 0 Å². The molecule has 1 heterocycles. The maximum atomic E-state index is 11.5. The number of carbonyl (C=O) groups excluding carboxylic acids is 1. The number of amides is 1. The molecule has 2 heteroatoms. The summed E-state index contributed by atoms with van der Waals surface area (Å²) in [5.41, 5.74) is 0. The Morgan fingerprint density at radius 1 is 1.71 bits per heavy atom. The van der Waals surface area contributed by atoms with Gasteiger partial charge in [0.15, 0.2) is 0 Å². The van der Waals surface area contributed by atoms with Crippen molar-refractivity contribution in [2.75, 3.05) is 6.54 Å². The second-order valence-corrected chi connectivity index (χ2v) is 3.47. The maximum absolute atomic E-state index is 11.5. The van der Waals surface area contributed by atoms with E-state index in [0.717, 1.165) is 25.8 Å². The molecule has 0 spiro atoms. The van der Waals surface area contributed by atoms with Crippen LogP contribution in [0.5, 0.6) is 0 Å². The van der Waals surface area contributed by atoms with Crippen LogP contribution in [0.2, 0.25) is 0 Å². The highest BCUT2D eigenvalue weighted by Crippen LogP contribution is 2.18. The fraction of sp³-hybridized carbons (Fsp3) is 0.583. The van der Waals surface area contributed by atoms with Crippen molar-refractivity contribution in [3.8, 4) is 11.8 Å². The molecular formula is C12H17NO. The van der Waals surface area contributed by atoms with Crippen LogP contribution in [0.3, 0.4) is 0 Å². The molecule has 1 fully saturated rings. The number of unbranched alkanes of at least 4 members (excludes halogenated alkanes) is 1. The van der Waals surface area contributed by atoms with E-state index in [1.165, 1.54) is 0 Å². The lowest BCUT2D eigenvalue weighted by Crippen LogP contribution is -2.32. The van der Waals surface area contributed by atoms with Crippen LogP contribution >= 0.6 is 0 Å². The van der Waals surface area contributed by atoms with Gasteiger partial charge in [0.2, 0.25) is 5.91 Å². The highest BCUT2D eigenvalue weighted by Gasteiger charge is 2.28. The molecule has 1 aliphatic rings. The quantitative estimate of drug-likeness (QED) is 0.378. The van der Waals surface area contributed by atoms with Gasteiger partial charge in [-0.3, -0.25) is 4.79 Å². The SMILES string of the molecule is C=CCCCN1C(=O)CC[C@H]1C#CC. The van der Waals surface area contributed by atoms with Gasteiger partial charge in [-0.15, -0.1) is 12.5 Å². The van der Waals surface area contributed by atoms with E-state index < -0.39 is 0 Å². The molecule has 1 saturated heterocycles. The average Bonchev–Trinajstić information content (AvgIpc) is 2.50. The van der Waals surface area contributed by atoms with Crippen molar-refractivity contribution in [3.05, 3.63) is 12.7 Å². The second-order valence-electron chi connectivity index (χ2n) is 3.47. The topological polar surface area (TPSA) is 20.3 Å². The van der Waals surface area contributed by atoms with Crippen molar-refractivity contribution in [3.63, 3.8) is 0 Å². The van der Waals surface area contributed by atoms with Crippen LogP contribution in [0.25, 0.3) is 0 Å². The number of carbonyl (C=O) groups is 1. The zero-order valence-corrected chi connectivity index (χ0v) is 8.75. The molecule has 0 aromatic carbocycles. The molecular weight excluding hydrogens is 174 g/mol. The lowest BCUT2D eigenvalue weighted by atomic mass is 10.2. The Labute approximate surface area is 86.0 Å². The van der Waals surface area contributed by atoms with Crippen molar-refractivity contribution in [2.45, 2.75) is 38.6 Å². The third kappa shape index (κ3) is 2.63. The van der Waals surface area contributed by atoms with Crippen molar-refractivity contribution < 1.29 is 4.79 Å². The van der Waals surface area contributed by atoms with Crippen molar-refractivity contribution in [1.29, 1.82) is 0 Å². The van der Waals surface area contributed by atoms with Gasteiger partial charge in [-0.2, -0.15) is 0 Å². The molecule has 0 aromatic rings. The van der Waals surface area contributed by atoms with E-state index in [0.29, 0.717) is 6.42 Å². The van der Waals surface area contributed by atoms with Crippen LogP contribution in [-0.4, -0.2) is 23.4 Å². The number of likely N-dealkylation sites (tertiary alicyclic amines) is 1. The van der Waals surface area contributed by atoms with Gasteiger partial charge in [-0.1, -0.05) is 12.0 Å². The maximum Gasteiger partial charge on any atom is 0.223 e. The second kappa shape index (κ2) is 5.49.